The fourth-order valence-corrected chi connectivity index (χ4v) is 2.10. The van der Waals surface area contributed by atoms with Gasteiger partial charge in [-0.2, -0.15) is 11.8 Å². The first-order valence-electron chi connectivity index (χ1n) is 5.15. The number of benzene rings is 1. The zero-order valence-electron chi connectivity index (χ0n) is 9.71. The van der Waals surface area contributed by atoms with Gasteiger partial charge in [0.15, 0.2) is 11.6 Å². The average molecular weight is 262 g/mol. The summed E-state index contributed by atoms with van der Waals surface area (Å²) in [5.41, 5.74) is 5.68. The van der Waals surface area contributed by atoms with Gasteiger partial charge < -0.3 is 16.2 Å². The van der Waals surface area contributed by atoms with E-state index in [4.69, 9.17) is 10.8 Å². The molecule has 6 heteroatoms. The number of aliphatic hydroxyl groups excluding tert-OH is 1. The molecule has 0 aliphatic carbocycles. The lowest BCUT2D eigenvalue weighted by Crippen LogP contribution is -2.31. The smallest absolute Gasteiger partial charge is 0.183 e. The van der Waals surface area contributed by atoms with Crippen LogP contribution < -0.4 is 11.1 Å². The lowest BCUT2D eigenvalue weighted by atomic mass is 10.2. The first kappa shape index (κ1) is 14.1. The number of hydrogen-bond acceptors (Lipinski definition) is 4. The Bertz CT molecular complexity index is 386. The van der Waals surface area contributed by atoms with Crippen LogP contribution in [0.1, 0.15) is 6.92 Å². The third kappa shape index (κ3) is 3.23. The maximum atomic E-state index is 13.5. The highest BCUT2D eigenvalue weighted by atomic mass is 32.2. The van der Waals surface area contributed by atoms with Crippen molar-refractivity contribution in [3.05, 3.63) is 23.8 Å². The fraction of sp³-hybridized carbons (Fsp3) is 0.455. The lowest BCUT2D eigenvalue weighted by Gasteiger charge is -2.23. The maximum Gasteiger partial charge on any atom is 0.183 e. The minimum atomic E-state index is -0.991. The van der Waals surface area contributed by atoms with Crippen LogP contribution in [0.3, 0.4) is 0 Å². The van der Waals surface area contributed by atoms with E-state index >= 15 is 0 Å². The van der Waals surface area contributed by atoms with Gasteiger partial charge >= 0.3 is 0 Å². The van der Waals surface area contributed by atoms with Crippen LogP contribution in [0.4, 0.5) is 20.2 Å². The van der Waals surface area contributed by atoms with Crippen LogP contribution in [0.5, 0.6) is 0 Å². The van der Waals surface area contributed by atoms with Crippen LogP contribution >= 0.6 is 11.8 Å². The van der Waals surface area contributed by atoms with Gasteiger partial charge in [-0.15, -0.1) is 0 Å². The summed E-state index contributed by atoms with van der Waals surface area (Å²) >= 11 is 1.44. The van der Waals surface area contributed by atoms with Crippen molar-refractivity contribution in [2.45, 2.75) is 18.2 Å². The van der Waals surface area contributed by atoms with Gasteiger partial charge in [-0.1, -0.05) is 0 Å². The number of nitrogens with two attached hydrogens (primary N) is 1. The molecule has 0 bridgehead atoms. The number of anilines is 2. The summed E-state index contributed by atoms with van der Waals surface area (Å²) in [6.45, 7) is 1.73. The molecule has 96 valence electrons. The predicted molar refractivity (Wildman–Crippen MR) is 68.2 cm³/mol. The molecule has 1 aromatic rings. The molecule has 2 unspecified atom stereocenters. The second-order valence-electron chi connectivity index (χ2n) is 3.72. The van der Waals surface area contributed by atoms with E-state index in [0.717, 1.165) is 6.07 Å². The van der Waals surface area contributed by atoms with E-state index < -0.39 is 11.6 Å². The van der Waals surface area contributed by atoms with Crippen molar-refractivity contribution in [2.75, 3.05) is 23.9 Å². The molecule has 0 fully saturated rings. The summed E-state index contributed by atoms with van der Waals surface area (Å²) in [5, 5.41) is 11.8. The topological polar surface area (TPSA) is 58.3 Å². The van der Waals surface area contributed by atoms with Gasteiger partial charge in [0.05, 0.1) is 18.0 Å². The van der Waals surface area contributed by atoms with Crippen LogP contribution in [0.2, 0.25) is 0 Å². The number of thioether (sulfide) groups is 1. The molecule has 0 aliphatic rings. The molecule has 0 aromatic heterocycles. The Balaban J connectivity index is 2.91. The summed E-state index contributed by atoms with van der Waals surface area (Å²) in [6.07, 6.45) is 1.84. The number of hydrogen-bond donors (Lipinski definition) is 3. The van der Waals surface area contributed by atoms with Crippen molar-refractivity contribution in [3.8, 4) is 0 Å². The number of aliphatic hydroxyl groups is 1. The molecular formula is C11H16F2N2OS. The van der Waals surface area contributed by atoms with E-state index in [9.17, 15) is 8.78 Å². The highest BCUT2D eigenvalue weighted by Gasteiger charge is 2.19. The van der Waals surface area contributed by atoms with Gasteiger partial charge in [0.25, 0.3) is 0 Å². The minimum absolute atomic E-state index is 0.0494. The Hall–Kier alpha value is -1.01. The normalized spacial score (nSPS) is 14.4. The van der Waals surface area contributed by atoms with Crippen molar-refractivity contribution in [1.29, 1.82) is 0 Å². The van der Waals surface area contributed by atoms with Gasteiger partial charge in [-0.3, -0.25) is 0 Å². The van der Waals surface area contributed by atoms with E-state index in [1.165, 1.54) is 17.8 Å². The van der Waals surface area contributed by atoms with Gasteiger partial charge in [-0.25, -0.2) is 8.78 Å². The monoisotopic (exact) mass is 262 g/mol. The van der Waals surface area contributed by atoms with E-state index in [0.29, 0.717) is 0 Å². The highest BCUT2D eigenvalue weighted by Crippen LogP contribution is 2.26. The molecule has 0 aliphatic heterocycles. The third-order valence-electron chi connectivity index (χ3n) is 2.54. The summed E-state index contributed by atoms with van der Waals surface area (Å²) in [4.78, 5) is 0. The maximum absolute atomic E-state index is 13.5. The SMILES string of the molecule is CSC(CO)C(C)Nc1c(N)ccc(F)c1F. The number of nitrogen functional groups attached to an aromatic ring is 1. The molecule has 0 radical (unpaired) electrons. The first-order chi connectivity index (χ1) is 8.01. The molecule has 0 saturated carbocycles. The van der Waals surface area contributed by atoms with E-state index in [1.807, 2.05) is 6.26 Å². The fourth-order valence-electron chi connectivity index (χ4n) is 1.47. The van der Waals surface area contributed by atoms with Gasteiger partial charge in [0.1, 0.15) is 0 Å². The van der Waals surface area contributed by atoms with E-state index in [1.54, 1.807) is 6.92 Å². The molecule has 17 heavy (non-hydrogen) atoms. The Morgan fingerprint density at radius 1 is 1.47 bits per heavy atom. The van der Waals surface area contributed by atoms with Gasteiger partial charge in [-0.05, 0) is 25.3 Å². The van der Waals surface area contributed by atoms with Gasteiger partial charge in [0.2, 0.25) is 0 Å². The summed E-state index contributed by atoms with van der Waals surface area (Å²) in [6, 6.07) is 2.06. The first-order valence-corrected chi connectivity index (χ1v) is 6.43. The molecule has 3 nitrogen and oxygen atoms in total. The molecule has 0 spiro atoms. The molecule has 0 heterocycles. The van der Waals surface area contributed by atoms with Crippen molar-refractivity contribution in [2.24, 2.45) is 0 Å². The van der Waals surface area contributed by atoms with Crippen molar-refractivity contribution in [1.82, 2.24) is 0 Å². The summed E-state index contributed by atoms with van der Waals surface area (Å²) in [5.74, 6) is -1.94. The van der Waals surface area contributed by atoms with Crippen molar-refractivity contribution < 1.29 is 13.9 Å². The molecule has 2 atom stereocenters. The standard InChI is InChI=1S/C11H16F2N2OS/c1-6(9(5-16)17-2)15-11-8(14)4-3-7(12)10(11)13/h3-4,6,9,15-16H,5,14H2,1-2H3. The quantitative estimate of drug-likeness (QED) is 0.711. The van der Waals surface area contributed by atoms with Crippen LogP contribution in [-0.4, -0.2) is 29.3 Å². The Morgan fingerprint density at radius 3 is 2.65 bits per heavy atom. The largest absolute Gasteiger partial charge is 0.397 e. The summed E-state index contributed by atoms with van der Waals surface area (Å²) < 4.78 is 26.6. The minimum Gasteiger partial charge on any atom is -0.397 e. The summed E-state index contributed by atoms with van der Waals surface area (Å²) in [7, 11) is 0. The van der Waals surface area contributed by atoms with Crippen LogP contribution in [0.15, 0.2) is 12.1 Å². The molecule has 1 aromatic carbocycles. The van der Waals surface area contributed by atoms with Gasteiger partial charge in [0, 0.05) is 11.3 Å². The molecule has 4 N–H and O–H groups in total. The number of halogens is 2. The Morgan fingerprint density at radius 2 is 2.12 bits per heavy atom. The Labute approximate surface area is 103 Å². The molecule has 0 saturated heterocycles. The Kier molecular flexibility index (Phi) is 5.02. The molecule has 0 amide bonds. The highest BCUT2D eigenvalue weighted by molar-refractivity contribution is 7.99. The van der Waals surface area contributed by atoms with Crippen molar-refractivity contribution in [3.63, 3.8) is 0 Å². The van der Waals surface area contributed by atoms with Crippen LogP contribution in [-0.2, 0) is 0 Å². The zero-order valence-corrected chi connectivity index (χ0v) is 10.5. The zero-order chi connectivity index (χ0) is 13.0. The molecule has 1 rings (SSSR count). The van der Waals surface area contributed by atoms with Crippen molar-refractivity contribution >= 4 is 23.1 Å². The second kappa shape index (κ2) is 6.07. The number of rotatable bonds is 5. The number of nitrogens with one attached hydrogen (secondary N) is 1. The second-order valence-corrected chi connectivity index (χ2v) is 4.79. The van der Waals surface area contributed by atoms with Crippen LogP contribution in [0.25, 0.3) is 0 Å². The third-order valence-corrected chi connectivity index (χ3v) is 3.70. The van der Waals surface area contributed by atoms with E-state index in [-0.39, 0.29) is 29.3 Å². The van der Waals surface area contributed by atoms with E-state index in [2.05, 4.69) is 5.32 Å². The molecular weight excluding hydrogens is 246 g/mol. The predicted octanol–water partition coefficient (Wildman–Crippen LogP) is 2.07. The average Bonchev–Trinajstić information content (AvgIpc) is 2.31. The van der Waals surface area contributed by atoms with Crippen LogP contribution in [0, 0.1) is 11.6 Å². The lowest BCUT2D eigenvalue weighted by molar-refractivity contribution is 0.288.